The van der Waals surface area contributed by atoms with E-state index in [4.69, 9.17) is 0 Å². The van der Waals surface area contributed by atoms with Gasteiger partial charge in [-0.2, -0.15) is 0 Å². The van der Waals surface area contributed by atoms with Gasteiger partial charge in [0, 0.05) is 5.92 Å². The van der Waals surface area contributed by atoms with Gasteiger partial charge in [-0.05, 0) is 60.9 Å². The van der Waals surface area contributed by atoms with Crippen molar-refractivity contribution in [3.05, 3.63) is 41.2 Å². The molecule has 3 fully saturated rings. The lowest BCUT2D eigenvalue weighted by atomic mass is 9.67. The quantitative estimate of drug-likeness (QED) is 0.674. The summed E-state index contributed by atoms with van der Waals surface area (Å²) in [5.41, 5.74) is 1.90. The molecule has 4 rings (SSSR count). The van der Waals surface area contributed by atoms with Crippen LogP contribution in [-0.4, -0.2) is 5.78 Å². The third-order valence-electron chi connectivity index (χ3n) is 4.01. The average Bonchev–Trinajstić information content (AvgIpc) is 2.37. The Hall–Kier alpha value is -1.44. The lowest BCUT2D eigenvalue weighted by Crippen LogP contribution is -2.33. The van der Waals surface area contributed by atoms with Gasteiger partial charge in [-0.3, -0.25) is 4.79 Å². The highest BCUT2D eigenvalue weighted by Gasteiger charge is 2.37. The van der Waals surface area contributed by atoms with Crippen LogP contribution in [0.2, 0.25) is 0 Å². The molecule has 3 saturated carbocycles. The van der Waals surface area contributed by atoms with Crippen LogP contribution in [0.4, 0.5) is 4.39 Å². The summed E-state index contributed by atoms with van der Waals surface area (Å²) in [7, 11) is 0. The number of halogens is 1. The van der Waals surface area contributed by atoms with E-state index in [0.29, 0.717) is 11.7 Å². The third-order valence-corrected chi connectivity index (χ3v) is 4.01. The minimum Gasteiger partial charge on any atom is -0.294 e. The first-order valence-corrected chi connectivity index (χ1v) is 6.25. The summed E-state index contributed by atoms with van der Waals surface area (Å²) in [6, 6.07) is 6.35. The van der Waals surface area contributed by atoms with Crippen molar-refractivity contribution < 1.29 is 9.18 Å². The van der Waals surface area contributed by atoms with E-state index in [2.05, 4.69) is 0 Å². The van der Waals surface area contributed by atoms with Crippen molar-refractivity contribution in [1.82, 2.24) is 0 Å². The number of allylic oxidation sites excluding steroid dienone is 1. The van der Waals surface area contributed by atoms with Crippen molar-refractivity contribution in [2.45, 2.75) is 25.7 Å². The van der Waals surface area contributed by atoms with Crippen molar-refractivity contribution in [2.24, 2.45) is 11.8 Å². The molecule has 1 aromatic carbocycles. The van der Waals surface area contributed by atoms with Gasteiger partial charge >= 0.3 is 0 Å². The van der Waals surface area contributed by atoms with Crippen molar-refractivity contribution in [3.8, 4) is 0 Å². The Bertz CT molecular complexity index is 464. The Labute approximate surface area is 100 Å². The number of benzene rings is 1. The van der Waals surface area contributed by atoms with E-state index in [-0.39, 0.29) is 11.7 Å². The van der Waals surface area contributed by atoms with E-state index in [9.17, 15) is 9.18 Å². The first kappa shape index (κ1) is 10.7. The monoisotopic (exact) mass is 230 g/mol. The van der Waals surface area contributed by atoms with Crippen LogP contribution in [0, 0.1) is 17.7 Å². The summed E-state index contributed by atoms with van der Waals surface area (Å²) in [4.78, 5) is 12.1. The van der Waals surface area contributed by atoms with E-state index in [1.807, 2.05) is 6.08 Å². The zero-order valence-electron chi connectivity index (χ0n) is 9.66. The van der Waals surface area contributed by atoms with Crippen LogP contribution in [-0.2, 0) is 4.79 Å². The van der Waals surface area contributed by atoms with Gasteiger partial charge in [0.25, 0.3) is 0 Å². The van der Waals surface area contributed by atoms with Crippen molar-refractivity contribution in [3.63, 3.8) is 0 Å². The molecule has 1 aromatic rings. The molecule has 0 aromatic heterocycles. The number of fused-ring (bicyclic) bond motifs is 3. The Balaban J connectivity index is 1.93. The Morgan fingerprint density at radius 3 is 2.18 bits per heavy atom. The molecule has 2 bridgehead atoms. The number of rotatable bonds is 1. The fraction of sp³-hybridized carbons (Fsp3) is 0.400. The summed E-state index contributed by atoms with van der Waals surface area (Å²) in [6.45, 7) is 0. The van der Waals surface area contributed by atoms with E-state index in [0.717, 1.165) is 36.8 Å². The van der Waals surface area contributed by atoms with Crippen LogP contribution in [0.1, 0.15) is 31.2 Å². The second kappa shape index (κ2) is 4.10. The second-order valence-corrected chi connectivity index (χ2v) is 5.06. The lowest BCUT2D eigenvalue weighted by Gasteiger charge is -2.36. The molecule has 3 aliphatic rings. The molecule has 0 spiro atoms. The molecule has 0 radical (unpaired) electrons. The van der Waals surface area contributed by atoms with Crippen LogP contribution in [0.25, 0.3) is 6.08 Å². The minimum absolute atomic E-state index is 0.233. The predicted molar refractivity (Wildman–Crippen MR) is 64.8 cm³/mol. The first-order chi connectivity index (χ1) is 8.24. The van der Waals surface area contributed by atoms with Gasteiger partial charge in [0.15, 0.2) is 5.78 Å². The Morgan fingerprint density at radius 2 is 1.59 bits per heavy atom. The molecule has 0 aliphatic heterocycles. The van der Waals surface area contributed by atoms with Gasteiger partial charge in [0.1, 0.15) is 5.82 Å². The molecule has 0 heterocycles. The molecular formula is C15H15FO. The summed E-state index contributed by atoms with van der Waals surface area (Å²) >= 11 is 0. The van der Waals surface area contributed by atoms with Crippen molar-refractivity contribution in [2.75, 3.05) is 0 Å². The smallest absolute Gasteiger partial charge is 0.162 e. The van der Waals surface area contributed by atoms with Crippen LogP contribution in [0.3, 0.4) is 0 Å². The highest BCUT2D eigenvalue weighted by atomic mass is 19.1. The topological polar surface area (TPSA) is 17.1 Å². The average molecular weight is 230 g/mol. The van der Waals surface area contributed by atoms with Gasteiger partial charge in [-0.25, -0.2) is 4.39 Å². The van der Waals surface area contributed by atoms with E-state index in [1.165, 1.54) is 12.1 Å². The Kier molecular flexibility index (Phi) is 2.58. The largest absolute Gasteiger partial charge is 0.294 e. The first-order valence-electron chi connectivity index (χ1n) is 6.25. The van der Waals surface area contributed by atoms with E-state index in [1.54, 1.807) is 12.1 Å². The normalized spacial score (nSPS) is 29.9. The minimum atomic E-state index is -0.233. The van der Waals surface area contributed by atoms with Gasteiger partial charge in [0.2, 0.25) is 0 Å². The Morgan fingerprint density at radius 1 is 1.00 bits per heavy atom. The molecule has 0 amide bonds. The standard InChI is InChI=1S/C15H15FO/c16-13-7-1-10(2-8-13)9-14-11-3-5-12(6-4-11)15(14)17/h1-2,7-9,11-12H,3-6H2/b14-9-. The summed E-state index contributed by atoms with van der Waals surface area (Å²) in [5, 5.41) is 0. The van der Waals surface area contributed by atoms with Gasteiger partial charge in [0.05, 0.1) is 0 Å². The second-order valence-electron chi connectivity index (χ2n) is 5.06. The maximum atomic E-state index is 12.8. The zero-order valence-corrected chi connectivity index (χ0v) is 9.66. The number of hydrogen-bond acceptors (Lipinski definition) is 1. The van der Waals surface area contributed by atoms with Gasteiger partial charge in [-0.15, -0.1) is 0 Å². The van der Waals surface area contributed by atoms with E-state index >= 15 is 0 Å². The molecule has 2 heteroatoms. The van der Waals surface area contributed by atoms with Crippen molar-refractivity contribution >= 4 is 11.9 Å². The lowest BCUT2D eigenvalue weighted by molar-refractivity contribution is -0.123. The number of Topliss-reactive ketones (excluding diaryl/α,β-unsaturated/α-hetero) is 1. The van der Waals surface area contributed by atoms with Crippen LogP contribution >= 0.6 is 0 Å². The van der Waals surface area contributed by atoms with Crippen LogP contribution in [0.5, 0.6) is 0 Å². The third kappa shape index (κ3) is 1.92. The molecule has 0 atom stereocenters. The van der Waals surface area contributed by atoms with Crippen molar-refractivity contribution in [1.29, 1.82) is 0 Å². The number of hydrogen-bond donors (Lipinski definition) is 0. The SMILES string of the molecule is O=C1/C(=C\c2ccc(F)cc2)C2CCC1CC2. The summed E-state index contributed by atoms with van der Waals surface area (Å²) in [5.74, 6) is 0.796. The van der Waals surface area contributed by atoms with Gasteiger partial charge < -0.3 is 0 Å². The molecule has 0 N–H and O–H groups in total. The van der Waals surface area contributed by atoms with Gasteiger partial charge in [-0.1, -0.05) is 12.1 Å². The zero-order chi connectivity index (χ0) is 11.8. The van der Waals surface area contributed by atoms with Crippen LogP contribution in [0.15, 0.2) is 29.8 Å². The summed E-state index contributed by atoms with van der Waals surface area (Å²) in [6.07, 6.45) is 6.36. The summed E-state index contributed by atoms with van der Waals surface area (Å²) < 4.78 is 12.8. The molecule has 1 nitrogen and oxygen atoms in total. The maximum absolute atomic E-state index is 12.8. The molecule has 3 aliphatic carbocycles. The van der Waals surface area contributed by atoms with E-state index < -0.39 is 0 Å². The number of carbonyl (C=O) groups is 1. The molecule has 17 heavy (non-hydrogen) atoms. The highest BCUT2D eigenvalue weighted by Crippen LogP contribution is 2.42. The fourth-order valence-corrected chi connectivity index (χ4v) is 3.03. The fourth-order valence-electron chi connectivity index (χ4n) is 3.03. The molecule has 0 unspecified atom stereocenters. The predicted octanol–water partition coefficient (Wildman–Crippen LogP) is 3.60. The number of ketones is 1. The van der Waals surface area contributed by atoms with Crippen LogP contribution < -0.4 is 0 Å². The highest BCUT2D eigenvalue weighted by molar-refractivity contribution is 6.02. The molecular weight excluding hydrogens is 215 g/mol. The maximum Gasteiger partial charge on any atom is 0.162 e. The number of carbonyl (C=O) groups excluding carboxylic acids is 1. The molecule has 0 saturated heterocycles. The molecule has 88 valence electrons.